The standard InChI is InChI=1S/C29H24F3N5O6S4/c30-29(31,32)14-5-6-16-18(38)10-20(47-19(16)9-14)44-8-7-13-11-45-26-22(25(40)37(26)23(13)27(41)42)35-24(39)21(17-12-46-28(33)34-17)36-43-15-3-1-2-4-15/h5-10,12,15,22,26H,1-4,11H2,(H2,33,34)(H,35,39)(H,41,42)/t22?,26-/m1/s1. The van der Waals surface area contributed by atoms with Gasteiger partial charge in [0.05, 0.1) is 9.77 Å². The molecule has 18 heteroatoms. The molecule has 246 valence electrons. The maximum absolute atomic E-state index is 13.3. The summed E-state index contributed by atoms with van der Waals surface area (Å²) in [6.07, 6.45) is 0.375. The number of aliphatic carboxylic acids is 1. The second-order valence-electron chi connectivity index (χ2n) is 10.6. The molecular weight excluding hydrogens is 700 g/mol. The van der Waals surface area contributed by atoms with Gasteiger partial charge in [0.15, 0.2) is 16.3 Å². The third-order valence-electron chi connectivity index (χ3n) is 7.55. The van der Waals surface area contributed by atoms with E-state index >= 15 is 0 Å². The smallest absolute Gasteiger partial charge is 0.416 e. The lowest BCUT2D eigenvalue weighted by Crippen LogP contribution is -2.71. The van der Waals surface area contributed by atoms with Gasteiger partial charge in [-0.25, -0.2) is 9.78 Å². The molecule has 1 aliphatic carbocycles. The summed E-state index contributed by atoms with van der Waals surface area (Å²) in [6.45, 7) is 0. The molecule has 4 N–H and O–H groups in total. The van der Waals surface area contributed by atoms with Gasteiger partial charge < -0.3 is 21.0 Å². The van der Waals surface area contributed by atoms with Crippen LogP contribution in [-0.2, 0) is 25.4 Å². The Morgan fingerprint density at radius 1 is 1.21 bits per heavy atom. The van der Waals surface area contributed by atoms with E-state index in [0.29, 0.717) is 9.78 Å². The van der Waals surface area contributed by atoms with Gasteiger partial charge in [-0.15, -0.1) is 34.4 Å². The van der Waals surface area contributed by atoms with Crippen LogP contribution in [0.2, 0.25) is 0 Å². The highest BCUT2D eigenvalue weighted by Gasteiger charge is 2.54. The van der Waals surface area contributed by atoms with Crippen molar-refractivity contribution in [2.45, 2.75) is 53.6 Å². The molecule has 0 bridgehead atoms. The number of carbonyl (C=O) groups is 3. The van der Waals surface area contributed by atoms with Gasteiger partial charge in [0.25, 0.3) is 11.8 Å². The van der Waals surface area contributed by atoms with Crippen LogP contribution in [0.1, 0.15) is 36.9 Å². The number of fused-ring (bicyclic) bond motifs is 2. The van der Waals surface area contributed by atoms with E-state index in [4.69, 9.17) is 10.6 Å². The Bertz CT molecular complexity index is 1920. The molecule has 2 fully saturated rings. The van der Waals surface area contributed by atoms with Crippen LogP contribution in [-0.4, -0.2) is 61.8 Å². The number of aromatic nitrogens is 1. The van der Waals surface area contributed by atoms with Gasteiger partial charge in [-0.1, -0.05) is 16.9 Å². The summed E-state index contributed by atoms with van der Waals surface area (Å²) in [5.41, 5.74) is 4.54. The van der Waals surface area contributed by atoms with Crippen molar-refractivity contribution in [3.05, 3.63) is 73.9 Å². The highest BCUT2D eigenvalue weighted by atomic mass is 32.2. The van der Waals surface area contributed by atoms with E-state index < -0.39 is 46.4 Å². The normalized spacial score (nSPS) is 20.5. The van der Waals surface area contributed by atoms with E-state index in [-0.39, 0.29) is 44.2 Å². The van der Waals surface area contributed by atoms with Crippen molar-refractivity contribution in [2.75, 3.05) is 11.5 Å². The van der Waals surface area contributed by atoms with Crippen LogP contribution < -0.4 is 16.5 Å². The number of anilines is 1. The molecule has 2 atom stereocenters. The van der Waals surface area contributed by atoms with E-state index in [1.807, 2.05) is 0 Å². The summed E-state index contributed by atoms with van der Waals surface area (Å²) >= 11 is 4.39. The molecular formula is C29H24F3N5O6S4. The summed E-state index contributed by atoms with van der Waals surface area (Å²) in [4.78, 5) is 62.2. The summed E-state index contributed by atoms with van der Waals surface area (Å²) in [5, 5.41) is 19.5. The minimum atomic E-state index is -4.56. The highest BCUT2D eigenvalue weighted by Crippen LogP contribution is 2.41. The SMILES string of the molecule is Nc1nc(C(=NOC2CCCC2)C(=O)NC2C(=O)N3C(C(=O)O)=C(C=CSc4cc(=O)c5ccc(C(F)(F)F)cc5s4)CS[C@H]23)cs1. The average Bonchev–Trinajstić information content (AvgIpc) is 3.71. The molecule has 2 aliphatic heterocycles. The zero-order valence-corrected chi connectivity index (χ0v) is 27.2. The van der Waals surface area contributed by atoms with Crippen molar-refractivity contribution in [3.8, 4) is 0 Å². The number of nitrogens with one attached hydrogen (secondary N) is 1. The number of rotatable bonds is 9. The van der Waals surface area contributed by atoms with Crippen molar-refractivity contribution in [1.29, 1.82) is 0 Å². The number of hydrogen-bond donors (Lipinski definition) is 3. The van der Waals surface area contributed by atoms with Crippen molar-refractivity contribution in [3.63, 3.8) is 0 Å². The number of oxime groups is 1. The molecule has 47 heavy (non-hydrogen) atoms. The second kappa shape index (κ2) is 13.3. The number of allylic oxidation sites excluding steroid dienone is 1. The molecule has 0 radical (unpaired) electrons. The number of halogens is 3. The van der Waals surface area contributed by atoms with Gasteiger partial charge in [0, 0.05) is 27.3 Å². The van der Waals surface area contributed by atoms with E-state index in [1.54, 1.807) is 5.38 Å². The number of carbonyl (C=O) groups excluding carboxylic acids is 2. The molecule has 2 amide bonds. The quantitative estimate of drug-likeness (QED) is 0.118. The van der Waals surface area contributed by atoms with Gasteiger partial charge in [-0.05, 0) is 60.9 Å². The number of carboxylic acid groups (broad SMARTS) is 1. The van der Waals surface area contributed by atoms with Crippen LogP contribution in [0.25, 0.3) is 10.1 Å². The summed E-state index contributed by atoms with van der Waals surface area (Å²) < 4.78 is 40.1. The Morgan fingerprint density at radius 2 is 1.98 bits per heavy atom. The third kappa shape index (κ3) is 6.90. The Balaban J connectivity index is 1.17. The lowest BCUT2D eigenvalue weighted by molar-refractivity contribution is -0.150. The fourth-order valence-electron chi connectivity index (χ4n) is 5.25. The number of nitrogens with zero attached hydrogens (tertiary/aromatic N) is 3. The van der Waals surface area contributed by atoms with Crippen molar-refractivity contribution in [1.82, 2.24) is 15.2 Å². The maximum Gasteiger partial charge on any atom is 0.416 e. The largest absolute Gasteiger partial charge is 0.477 e. The van der Waals surface area contributed by atoms with Crippen LogP contribution in [0.4, 0.5) is 18.3 Å². The van der Waals surface area contributed by atoms with Crippen LogP contribution >= 0.6 is 46.2 Å². The minimum Gasteiger partial charge on any atom is -0.477 e. The number of hydrogen-bond acceptors (Lipinski definition) is 12. The number of thioether (sulfide) groups is 2. The molecule has 1 saturated heterocycles. The molecule has 3 aromatic rings. The maximum atomic E-state index is 13.3. The molecule has 4 heterocycles. The van der Waals surface area contributed by atoms with Gasteiger partial charge in [-0.3, -0.25) is 19.3 Å². The van der Waals surface area contributed by atoms with Gasteiger partial charge in [-0.2, -0.15) is 13.2 Å². The number of nitrogen functional groups attached to an aromatic ring is 1. The average molecular weight is 724 g/mol. The number of amides is 2. The van der Waals surface area contributed by atoms with E-state index in [9.17, 15) is 37.5 Å². The highest BCUT2D eigenvalue weighted by molar-refractivity contribution is 8.04. The second-order valence-corrected chi connectivity index (χ2v) is 14.9. The predicted molar refractivity (Wildman–Crippen MR) is 174 cm³/mol. The first-order chi connectivity index (χ1) is 22.4. The topological polar surface area (TPSA) is 164 Å². The zero-order chi connectivity index (χ0) is 33.5. The van der Waals surface area contributed by atoms with Gasteiger partial charge in [0.1, 0.15) is 28.9 Å². The minimum absolute atomic E-state index is 0.136. The number of nitrogens with two attached hydrogens (primary N) is 1. The first-order valence-corrected chi connectivity index (χ1v) is 17.7. The molecule has 1 saturated carbocycles. The first kappa shape index (κ1) is 33.0. The fraction of sp³-hybridized carbons (Fsp3) is 0.310. The summed E-state index contributed by atoms with van der Waals surface area (Å²) in [6, 6.07) is 3.20. The molecule has 1 unspecified atom stereocenters. The van der Waals surface area contributed by atoms with Crippen LogP contribution in [0.5, 0.6) is 0 Å². The molecule has 11 nitrogen and oxygen atoms in total. The lowest BCUT2D eigenvalue weighted by Gasteiger charge is -2.49. The van der Waals surface area contributed by atoms with Crippen molar-refractivity contribution >= 4 is 84.9 Å². The van der Waals surface area contributed by atoms with E-state index in [2.05, 4.69) is 15.5 Å². The van der Waals surface area contributed by atoms with Crippen LogP contribution in [0, 0.1) is 0 Å². The monoisotopic (exact) mass is 723 g/mol. The van der Waals surface area contributed by atoms with Crippen molar-refractivity contribution < 1.29 is 37.5 Å². The summed E-state index contributed by atoms with van der Waals surface area (Å²) in [7, 11) is 0. The summed E-state index contributed by atoms with van der Waals surface area (Å²) in [5.74, 6) is -2.52. The van der Waals surface area contributed by atoms with Gasteiger partial charge >= 0.3 is 12.1 Å². The first-order valence-electron chi connectivity index (χ1n) is 14.1. The number of alkyl halides is 3. The lowest BCUT2D eigenvalue weighted by atomic mass is 10.0. The molecule has 6 rings (SSSR count). The predicted octanol–water partition coefficient (Wildman–Crippen LogP) is 5.03. The Labute approximate surface area is 280 Å². The van der Waals surface area contributed by atoms with E-state index in [1.165, 1.54) is 29.3 Å². The van der Waals surface area contributed by atoms with E-state index in [0.717, 1.165) is 83.2 Å². The van der Waals surface area contributed by atoms with Crippen molar-refractivity contribution in [2.24, 2.45) is 5.16 Å². The van der Waals surface area contributed by atoms with Crippen LogP contribution in [0.15, 0.2) is 66.6 Å². The number of thiazole rings is 1. The van der Waals surface area contributed by atoms with Gasteiger partial charge in [0.2, 0.25) is 0 Å². The molecule has 0 spiro atoms. The molecule has 3 aliphatic rings. The Hall–Kier alpha value is -3.87. The fourth-order valence-corrected chi connectivity index (χ4v) is 9.14. The molecule has 1 aromatic carbocycles. The Morgan fingerprint density at radius 3 is 2.66 bits per heavy atom. The number of carboxylic acids is 1. The number of β-lactam (4-membered cyclic amide) rings is 1. The third-order valence-corrected chi connectivity index (χ3v) is 11.6. The van der Waals surface area contributed by atoms with Crippen LogP contribution in [0.3, 0.4) is 0 Å². The number of benzene rings is 1. The molecule has 2 aromatic heterocycles. The zero-order valence-electron chi connectivity index (χ0n) is 24.0. The Kier molecular flexibility index (Phi) is 9.37.